The highest BCUT2D eigenvalue weighted by molar-refractivity contribution is 6.22. The zero-order chi connectivity index (χ0) is 22.4. The molecule has 0 spiro atoms. The van der Waals surface area contributed by atoms with E-state index in [0.717, 1.165) is 10.5 Å². The summed E-state index contributed by atoms with van der Waals surface area (Å²) in [5.74, 6) is -3.23. The van der Waals surface area contributed by atoms with E-state index in [2.05, 4.69) is 5.32 Å². The molecule has 1 heterocycles. The van der Waals surface area contributed by atoms with Gasteiger partial charge in [-0.2, -0.15) is 0 Å². The van der Waals surface area contributed by atoms with Crippen LogP contribution in [0.25, 0.3) is 0 Å². The van der Waals surface area contributed by atoms with Gasteiger partial charge in [0.15, 0.2) is 6.04 Å². The van der Waals surface area contributed by atoms with Crippen LogP contribution < -0.4 is 5.32 Å². The molecule has 0 saturated heterocycles. The van der Waals surface area contributed by atoms with Gasteiger partial charge < -0.3 is 15.2 Å². The van der Waals surface area contributed by atoms with Crippen LogP contribution in [-0.4, -0.2) is 52.4 Å². The topological polar surface area (TPSA) is 113 Å². The fourth-order valence-electron chi connectivity index (χ4n) is 3.32. The van der Waals surface area contributed by atoms with Crippen LogP contribution in [0.3, 0.4) is 0 Å². The SMILES string of the molecule is C/C=C\OC[C@H](NC(=O)C(Cc1ccccc1)N1C(=O)c2ccccc2C1=O)C(=O)O. The van der Waals surface area contributed by atoms with Gasteiger partial charge in [-0.05, 0) is 24.6 Å². The van der Waals surface area contributed by atoms with Crippen LogP contribution in [0.15, 0.2) is 66.9 Å². The molecule has 0 saturated carbocycles. The number of carboxylic acid groups (broad SMARTS) is 1. The monoisotopic (exact) mass is 422 g/mol. The Bertz CT molecular complexity index is 983. The van der Waals surface area contributed by atoms with Gasteiger partial charge in [0.1, 0.15) is 12.6 Å². The summed E-state index contributed by atoms with van der Waals surface area (Å²) >= 11 is 0. The summed E-state index contributed by atoms with van der Waals surface area (Å²) in [6.45, 7) is 1.40. The number of aliphatic carboxylic acids is 1. The van der Waals surface area contributed by atoms with Crippen LogP contribution in [0.2, 0.25) is 0 Å². The van der Waals surface area contributed by atoms with Gasteiger partial charge in [0, 0.05) is 6.42 Å². The summed E-state index contributed by atoms with van der Waals surface area (Å²) in [6.07, 6.45) is 2.94. The van der Waals surface area contributed by atoms with E-state index in [-0.39, 0.29) is 24.2 Å². The number of hydrogen-bond acceptors (Lipinski definition) is 5. The highest BCUT2D eigenvalue weighted by Crippen LogP contribution is 2.26. The minimum atomic E-state index is -1.35. The highest BCUT2D eigenvalue weighted by Gasteiger charge is 2.43. The predicted octanol–water partition coefficient (Wildman–Crippen LogP) is 2.01. The number of carbonyl (C=O) groups excluding carboxylic acids is 3. The number of rotatable bonds is 9. The number of imide groups is 1. The van der Waals surface area contributed by atoms with Crippen molar-refractivity contribution in [3.63, 3.8) is 0 Å². The third-order valence-corrected chi connectivity index (χ3v) is 4.82. The van der Waals surface area contributed by atoms with Gasteiger partial charge in [0.05, 0.1) is 17.4 Å². The van der Waals surface area contributed by atoms with E-state index in [4.69, 9.17) is 4.74 Å². The number of hydrogen-bond donors (Lipinski definition) is 2. The average molecular weight is 422 g/mol. The number of nitrogens with zero attached hydrogens (tertiary/aromatic N) is 1. The lowest BCUT2D eigenvalue weighted by Crippen LogP contribution is -2.55. The first kappa shape index (κ1) is 21.8. The maximum absolute atomic E-state index is 13.1. The Balaban J connectivity index is 1.90. The number of nitrogens with one attached hydrogen (secondary N) is 1. The normalized spacial score (nSPS) is 14.9. The predicted molar refractivity (Wildman–Crippen MR) is 111 cm³/mol. The summed E-state index contributed by atoms with van der Waals surface area (Å²) in [5, 5.41) is 11.8. The molecule has 0 bridgehead atoms. The third kappa shape index (κ3) is 4.80. The first-order chi connectivity index (χ1) is 14.9. The number of fused-ring (bicyclic) bond motifs is 1. The summed E-state index contributed by atoms with van der Waals surface area (Å²) < 4.78 is 5.10. The molecule has 2 atom stereocenters. The molecule has 3 rings (SSSR count). The van der Waals surface area contributed by atoms with E-state index < -0.39 is 35.8 Å². The standard InChI is InChI=1S/C23H22N2O6/c1-2-12-31-14-18(23(29)30)24-20(26)19(13-15-8-4-3-5-9-15)25-21(27)16-10-6-7-11-17(16)22(25)28/h2-12,18-19H,13-14H2,1H3,(H,24,26)(H,29,30)/b12-2-/t18-,19?/m0/s1. The van der Waals surface area contributed by atoms with Gasteiger partial charge in [-0.25, -0.2) is 4.79 Å². The van der Waals surface area contributed by atoms with Crippen LogP contribution >= 0.6 is 0 Å². The van der Waals surface area contributed by atoms with Gasteiger partial charge in [-0.15, -0.1) is 0 Å². The summed E-state index contributed by atoms with van der Waals surface area (Å²) in [5.41, 5.74) is 1.14. The van der Waals surface area contributed by atoms with Crippen molar-refractivity contribution in [2.24, 2.45) is 0 Å². The molecule has 2 aromatic rings. The van der Waals surface area contributed by atoms with Crippen molar-refractivity contribution < 1.29 is 29.0 Å². The average Bonchev–Trinajstić information content (AvgIpc) is 3.02. The summed E-state index contributed by atoms with van der Waals surface area (Å²) in [7, 11) is 0. The second-order valence-electron chi connectivity index (χ2n) is 6.93. The lowest BCUT2D eigenvalue weighted by Gasteiger charge is -2.27. The molecule has 1 unspecified atom stereocenters. The van der Waals surface area contributed by atoms with E-state index >= 15 is 0 Å². The van der Waals surface area contributed by atoms with E-state index in [1.54, 1.807) is 55.5 Å². The van der Waals surface area contributed by atoms with Gasteiger partial charge in [-0.3, -0.25) is 19.3 Å². The molecule has 8 nitrogen and oxygen atoms in total. The Labute approximate surface area is 179 Å². The molecule has 3 amide bonds. The zero-order valence-electron chi connectivity index (χ0n) is 16.9. The van der Waals surface area contributed by atoms with Crippen LogP contribution in [-0.2, 0) is 20.7 Å². The minimum Gasteiger partial charge on any atom is -0.499 e. The van der Waals surface area contributed by atoms with E-state index in [9.17, 15) is 24.3 Å². The molecule has 2 N–H and O–H groups in total. The van der Waals surface area contributed by atoms with Crippen molar-refractivity contribution in [2.45, 2.75) is 25.4 Å². The highest BCUT2D eigenvalue weighted by atomic mass is 16.5. The second-order valence-corrected chi connectivity index (χ2v) is 6.93. The third-order valence-electron chi connectivity index (χ3n) is 4.82. The summed E-state index contributed by atoms with van der Waals surface area (Å²) in [4.78, 5) is 51.5. The number of carbonyl (C=O) groups is 4. The molecule has 1 aliphatic heterocycles. The van der Waals surface area contributed by atoms with Crippen molar-refractivity contribution in [3.05, 3.63) is 83.6 Å². The molecule has 1 aliphatic rings. The maximum Gasteiger partial charge on any atom is 0.329 e. The van der Waals surface area contributed by atoms with Crippen LogP contribution in [0.1, 0.15) is 33.2 Å². The largest absolute Gasteiger partial charge is 0.499 e. The van der Waals surface area contributed by atoms with Crippen LogP contribution in [0.5, 0.6) is 0 Å². The smallest absolute Gasteiger partial charge is 0.329 e. The first-order valence-electron chi connectivity index (χ1n) is 9.70. The number of allylic oxidation sites excluding steroid dienone is 1. The molecule has 31 heavy (non-hydrogen) atoms. The molecular weight excluding hydrogens is 400 g/mol. The Morgan fingerprint density at radius 3 is 2.16 bits per heavy atom. The summed E-state index contributed by atoms with van der Waals surface area (Å²) in [6, 6.07) is 12.6. The van der Waals surface area contributed by atoms with Crippen molar-refractivity contribution in [3.8, 4) is 0 Å². The zero-order valence-corrected chi connectivity index (χ0v) is 16.9. The van der Waals surface area contributed by atoms with Crippen molar-refractivity contribution in [2.75, 3.05) is 6.61 Å². The first-order valence-corrected chi connectivity index (χ1v) is 9.70. The second kappa shape index (κ2) is 9.71. The number of benzene rings is 2. The van der Waals surface area contributed by atoms with E-state index in [1.165, 1.54) is 18.4 Å². The molecule has 160 valence electrons. The fourth-order valence-corrected chi connectivity index (χ4v) is 3.32. The molecule has 8 heteroatoms. The minimum absolute atomic E-state index is 0.0419. The fraction of sp³-hybridized carbons (Fsp3) is 0.217. The lowest BCUT2D eigenvalue weighted by molar-refractivity contribution is -0.143. The molecule has 0 aromatic heterocycles. The number of carboxylic acids is 1. The van der Waals surface area contributed by atoms with Gasteiger partial charge in [0.25, 0.3) is 11.8 Å². The van der Waals surface area contributed by atoms with Crippen LogP contribution in [0.4, 0.5) is 0 Å². The lowest BCUT2D eigenvalue weighted by atomic mass is 10.0. The Kier molecular flexibility index (Phi) is 6.81. The van der Waals surface area contributed by atoms with E-state index in [1.807, 2.05) is 0 Å². The molecule has 0 fully saturated rings. The Hall–Kier alpha value is -3.94. The number of amides is 3. The van der Waals surface area contributed by atoms with Crippen LogP contribution in [0, 0.1) is 0 Å². The molecule has 0 radical (unpaired) electrons. The van der Waals surface area contributed by atoms with Crippen molar-refractivity contribution >= 4 is 23.7 Å². The molecule has 0 aliphatic carbocycles. The Morgan fingerprint density at radius 1 is 1.03 bits per heavy atom. The van der Waals surface area contributed by atoms with Crippen molar-refractivity contribution in [1.82, 2.24) is 10.2 Å². The van der Waals surface area contributed by atoms with Crippen molar-refractivity contribution in [1.29, 1.82) is 0 Å². The number of ether oxygens (including phenoxy) is 1. The quantitative estimate of drug-likeness (QED) is 0.472. The molecule has 2 aromatic carbocycles. The van der Waals surface area contributed by atoms with Gasteiger partial charge in [0.2, 0.25) is 5.91 Å². The van der Waals surface area contributed by atoms with E-state index in [0.29, 0.717) is 0 Å². The van der Waals surface area contributed by atoms with Gasteiger partial charge >= 0.3 is 5.97 Å². The molecular formula is C23H22N2O6. The van der Waals surface area contributed by atoms with Gasteiger partial charge in [-0.1, -0.05) is 48.5 Å². The Morgan fingerprint density at radius 2 is 1.61 bits per heavy atom. The maximum atomic E-state index is 13.1.